The van der Waals surface area contributed by atoms with Gasteiger partial charge in [0.15, 0.2) is 5.82 Å². The van der Waals surface area contributed by atoms with Gasteiger partial charge in [0.25, 0.3) is 0 Å². The second kappa shape index (κ2) is 3.70. The van der Waals surface area contributed by atoms with Crippen LogP contribution in [0.5, 0.6) is 0 Å². The van der Waals surface area contributed by atoms with Gasteiger partial charge >= 0.3 is 0 Å². The van der Waals surface area contributed by atoms with Crippen molar-refractivity contribution in [2.75, 3.05) is 0 Å². The molecular formula is C9H14N4. The lowest BCUT2D eigenvalue weighted by Crippen LogP contribution is -2.16. The third-order valence-electron chi connectivity index (χ3n) is 2.03. The number of allylic oxidation sites excluding steroid dienone is 1. The molecule has 1 fully saturated rings. The van der Waals surface area contributed by atoms with Crippen LogP contribution in [0.3, 0.4) is 0 Å². The minimum atomic E-state index is 0.714. The van der Waals surface area contributed by atoms with Gasteiger partial charge < -0.3 is 5.32 Å². The first-order chi connectivity index (χ1) is 6.38. The molecule has 1 saturated carbocycles. The summed E-state index contributed by atoms with van der Waals surface area (Å²) < 4.78 is 1.79. The molecule has 0 saturated heterocycles. The number of hydrogen-bond acceptors (Lipinski definition) is 3. The summed E-state index contributed by atoms with van der Waals surface area (Å²) in [6.45, 7) is 5.16. The van der Waals surface area contributed by atoms with Crippen molar-refractivity contribution in [3.05, 3.63) is 24.8 Å². The highest BCUT2D eigenvalue weighted by Gasteiger charge is 2.20. The zero-order valence-electron chi connectivity index (χ0n) is 7.61. The summed E-state index contributed by atoms with van der Waals surface area (Å²) in [5.74, 6) is 0.869. The van der Waals surface area contributed by atoms with Crippen molar-refractivity contribution in [3.63, 3.8) is 0 Å². The normalized spacial score (nSPS) is 16.0. The molecule has 0 amide bonds. The van der Waals surface area contributed by atoms with Crippen molar-refractivity contribution in [1.29, 1.82) is 0 Å². The number of nitrogens with zero attached hydrogens (tertiary/aromatic N) is 3. The van der Waals surface area contributed by atoms with Crippen LogP contribution in [-0.2, 0) is 13.1 Å². The van der Waals surface area contributed by atoms with E-state index in [4.69, 9.17) is 0 Å². The van der Waals surface area contributed by atoms with E-state index in [1.807, 2.05) is 6.08 Å². The summed E-state index contributed by atoms with van der Waals surface area (Å²) in [5.41, 5.74) is 0. The summed E-state index contributed by atoms with van der Waals surface area (Å²) in [6.07, 6.45) is 6.15. The van der Waals surface area contributed by atoms with Crippen molar-refractivity contribution in [2.45, 2.75) is 32.0 Å². The average molecular weight is 178 g/mol. The van der Waals surface area contributed by atoms with E-state index < -0.39 is 0 Å². The van der Waals surface area contributed by atoms with E-state index in [0.29, 0.717) is 6.04 Å². The van der Waals surface area contributed by atoms with Gasteiger partial charge in [0.05, 0.1) is 13.1 Å². The van der Waals surface area contributed by atoms with Crippen molar-refractivity contribution in [1.82, 2.24) is 20.1 Å². The SMILES string of the molecule is C=CCn1cnc(CNC2CC2)n1. The first-order valence-corrected chi connectivity index (χ1v) is 4.61. The van der Waals surface area contributed by atoms with Crippen LogP contribution in [-0.4, -0.2) is 20.8 Å². The molecule has 0 spiro atoms. The van der Waals surface area contributed by atoms with E-state index in [2.05, 4.69) is 22.0 Å². The standard InChI is InChI=1S/C9H14N4/c1-2-5-13-7-11-9(12-13)6-10-8-3-4-8/h2,7-8,10H,1,3-6H2. The molecule has 13 heavy (non-hydrogen) atoms. The van der Waals surface area contributed by atoms with Crippen LogP contribution in [0.1, 0.15) is 18.7 Å². The maximum absolute atomic E-state index is 4.27. The summed E-state index contributed by atoms with van der Waals surface area (Å²) in [5, 5.41) is 7.64. The summed E-state index contributed by atoms with van der Waals surface area (Å²) in [7, 11) is 0. The molecule has 4 nitrogen and oxygen atoms in total. The molecule has 0 unspecified atom stereocenters. The zero-order chi connectivity index (χ0) is 9.10. The van der Waals surface area contributed by atoms with Crippen LogP contribution < -0.4 is 5.32 Å². The Kier molecular flexibility index (Phi) is 2.40. The van der Waals surface area contributed by atoms with Gasteiger partial charge in [-0.25, -0.2) is 9.67 Å². The number of rotatable bonds is 5. The lowest BCUT2D eigenvalue weighted by Gasteiger charge is -1.96. The number of nitrogens with one attached hydrogen (secondary N) is 1. The topological polar surface area (TPSA) is 42.7 Å². The minimum absolute atomic E-state index is 0.714. The van der Waals surface area contributed by atoms with Crippen LogP contribution in [0.15, 0.2) is 19.0 Å². The molecular weight excluding hydrogens is 164 g/mol. The highest BCUT2D eigenvalue weighted by atomic mass is 15.3. The molecule has 0 bridgehead atoms. The molecule has 0 aliphatic heterocycles. The van der Waals surface area contributed by atoms with Crippen molar-refractivity contribution < 1.29 is 0 Å². The third kappa shape index (κ3) is 2.39. The number of hydrogen-bond donors (Lipinski definition) is 1. The molecule has 4 heteroatoms. The van der Waals surface area contributed by atoms with Crippen molar-refractivity contribution in [2.24, 2.45) is 0 Å². The van der Waals surface area contributed by atoms with Gasteiger partial charge in [0.1, 0.15) is 6.33 Å². The van der Waals surface area contributed by atoms with E-state index >= 15 is 0 Å². The predicted octanol–water partition coefficient (Wildman–Crippen LogP) is 0.716. The molecule has 0 atom stereocenters. The Morgan fingerprint density at radius 1 is 1.69 bits per heavy atom. The highest BCUT2D eigenvalue weighted by Crippen LogP contribution is 2.18. The molecule has 1 aromatic rings. The smallest absolute Gasteiger partial charge is 0.164 e. The second-order valence-corrected chi connectivity index (χ2v) is 3.33. The van der Waals surface area contributed by atoms with E-state index in [1.54, 1.807) is 11.0 Å². The summed E-state index contributed by atoms with van der Waals surface area (Å²) >= 11 is 0. The molecule has 0 radical (unpaired) electrons. The molecule has 1 heterocycles. The van der Waals surface area contributed by atoms with Gasteiger partial charge in [-0.1, -0.05) is 6.08 Å². The quantitative estimate of drug-likeness (QED) is 0.675. The van der Waals surface area contributed by atoms with Gasteiger partial charge in [-0.05, 0) is 12.8 Å². The monoisotopic (exact) mass is 178 g/mol. The molecule has 1 aliphatic rings. The van der Waals surface area contributed by atoms with E-state index in [9.17, 15) is 0 Å². The minimum Gasteiger partial charge on any atom is -0.307 e. The van der Waals surface area contributed by atoms with E-state index in [0.717, 1.165) is 18.9 Å². The molecule has 70 valence electrons. The Hall–Kier alpha value is -1.16. The van der Waals surface area contributed by atoms with E-state index in [1.165, 1.54) is 12.8 Å². The van der Waals surface area contributed by atoms with Gasteiger partial charge in [-0.2, -0.15) is 5.10 Å². The van der Waals surface area contributed by atoms with Crippen LogP contribution >= 0.6 is 0 Å². The van der Waals surface area contributed by atoms with Crippen LogP contribution in [0.25, 0.3) is 0 Å². The van der Waals surface area contributed by atoms with E-state index in [-0.39, 0.29) is 0 Å². The predicted molar refractivity (Wildman–Crippen MR) is 50.1 cm³/mol. The molecule has 1 N–H and O–H groups in total. The van der Waals surface area contributed by atoms with Crippen molar-refractivity contribution >= 4 is 0 Å². The molecule has 1 aromatic heterocycles. The zero-order valence-corrected chi connectivity index (χ0v) is 7.61. The fraction of sp³-hybridized carbons (Fsp3) is 0.556. The lowest BCUT2D eigenvalue weighted by atomic mass is 10.5. The fourth-order valence-corrected chi connectivity index (χ4v) is 1.16. The van der Waals surface area contributed by atoms with Gasteiger partial charge in [0, 0.05) is 6.04 Å². The Labute approximate surface area is 77.7 Å². The average Bonchev–Trinajstić information content (AvgIpc) is 2.85. The summed E-state index contributed by atoms with van der Waals surface area (Å²) in [6, 6.07) is 0.714. The van der Waals surface area contributed by atoms with Crippen LogP contribution in [0.2, 0.25) is 0 Å². The van der Waals surface area contributed by atoms with Crippen molar-refractivity contribution in [3.8, 4) is 0 Å². The van der Waals surface area contributed by atoms with Gasteiger partial charge in [-0.3, -0.25) is 0 Å². The largest absolute Gasteiger partial charge is 0.307 e. The first-order valence-electron chi connectivity index (χ1n) is 4.61. The molecule has 1 aliphatic carbocycles. The molecule has 0 aromatic carbocycles. The van der Waals surface area contributed by atoms with Gasteiger partial charge in [0.2, 0.25) is 0 Å². The fourth-order valence-electron chi connectivity index (χ4n) is 1.16. The summed E-state index contributed by atoms with van der Waals surface area (Å²) in [4.78, 5) is 4.18. The molecule has 2 rings (SSSR count). The number of aromatic nitrogens is 3. The maximum atomic E-state index is 4.27. The first kappa shape index (κ1) is 8.44. The highest BCUT2D eigenvalue weighted by molar-refractivity contribution is 4.87. The Morgan fingerprint density at radius 2 is 2.54 bits per heavy atom. The van der Waals surface area contributed by atoms with Gasteiger partial charge in [-0.15, -0.1) is 6.58 Å². The maximum Gasteiger partial charge on any atom is 0.164 e. The van der Waals surface area contributed by atoms with Crippen LogP contribution in [0.4, 0.5) is 0 Å². The van der Waals surface area contributed by atoms with Crippen LogP contribution in [0, 0.1) is 0 Å². The Morgan fingerprint density at radius 3 is 3.23 bits per heavy atom. The second-order valence-electron chi connectivity index (χ2n) is 3.33. The third-order valence-corrected chi connectivity index (χ3v) is 2.03. The lowest BCUT2D eigenvalue weighted by molar-refractivity contribution is 0.633. The Bertz CT molecular complexity index is 288. The Balaban J connectivity index is 1.84.